The van der Waals surface area contributed by atoms with E-state index in [9.17, 15) is 9.90 Å². The SMILES string of the molecule is COC(=O)[C@@H](O)C(C)(C)NCc1cccnc1. The number of nitrogens with zero attached hydrogens (tertiary/aromatic N) is 1. The Bertz CT molecular complexity index is 365. The summed E-state index contributed by atoms with van der Waals surface area (Å²) in [6.45, 7) is 4.00. The Morgan fingerprint density at radius 2 is 2.35 bits per heavy atom. The lowest BCUT2D eigenvalue weighted by Gasteiger charge is -2.30. The number of pyridine rings is 1. The van der Waals surface area contributed by atoms with E-state index in [2.05, 4.69) is 15.0 Å². The number of carbonyl (C=O) groups excluding carboxylic acids is 1. The Morgan fingerprint density at radius 3 is 2.88 bits per heavy atom. The molecule has 0 unspecified atom stereocenters. The number of esters is 1. The van der Waals surface area contributed by atoms with Gasteiger partial charge in [-0.1, -0.05) is 6.07 Å². The summed E-state index contributed by atoms with van der Waals surface area (Å²) >= 11 is 0. The highest BCUT2D eigenvalue weighted by molar-refractivity contribution is 5.75. The van der Waals surface area contributed by atoms with Crippen molar-refractivity contribution >= 4 is 5.97 Å². The molecule has 2 N–H and O–H groups in total. The second-order valence-corrected chi connectivity index (χ2v) is 4.36. The minimum Gasteiger partial charge on any atom is -0.467 e. The fourth-order valence-electron chi connectivity index (χ4n) is 1.34. The average molecular weight is 238 g/mol. The number of hydrogen-bond acceptors (Lipinski definition) is 5. The standard InChI is InChI=1S/C12H18N2O3/c1-12(2,10(15)11(16)17-3)14-8-9-5-4-6-13-7-9/h4-7,10,14-15H,8H2,1-3H3/t10-/m1/s1. The number of aliphatic hydroxyl groups excluding tert-OH is 1. The number of aliphatic hydroxyl groups is 1. The maximum absolute atomic E-state index is 11.2. The fourth-order valence-corrected chi connectivity index (χ4v) is 1.34. The Hall–Kier alpha value is -1.46. The molecular weight excluding hydrogens is 220 g/mol. The van der Waals surface area contributed by atoms with Gasteiger partial charge < -0.3 is 15.2 Å². The van der Waals surface area contributed by atoms with Crippen LogP contribution in [0, 0.1) is 0 Å². The topological polar surface area (TPSA) is 71.5 Å². The molecule has 1 aromatic heterocycles. The summed E-state index contributed by atoms with van der Waals surface area (Å²) in [5, 5.41) is 12.9. The molecule has 0 fully saturated rings. The van der Waals surface area contributed by atoms with Gasteiger partial charge in [-0.3, -0.25) is 4.98 Å². The Morgan fingerprint density at radius 1 is 1.65 bits per heavy atom. The van der Waals surface area contributed by atoms with Gasteiger partial charge in [0.15, 0.2) is 6.10 Å². The smallest absolute Gasteiger partial charge is 0.336 e. The van der Waals surface area contributed by atoms with E-state index in [1.807, 2.05) is 12.1 Å². The molecule has 0 aromatic carbocycles. The number of nitrogens with one attached hydrogen (secondary N) is 1. The number of carbonyl (C=O) groups is 1. The number of aromatic nitrogens is 1. The summed E-state index contributed by atoms with van der Waals surface area (Å²) in [6, 6.07) is 3.75. The molecule has 5 heteroatoms. The molecule has 0 bridgehead atoms. The third-order valence-corrected chi connectivity index (χ3v) is 2.58. The maximum Gasteiger partial charge on any atom is 0.336 e. The van der Waals surface area contributed by atoms with Gasteiger partial charge >= 0.3 is 5.97 Å². The number of ether oxygens (including phenoxy) is 1. The van der Waals surface area contributed by atoms with Crippen LogP contribution in [-0.2, 0) is 16.1 Å². The first-order chi connectivity index (χ1) is 7.97. The largest absolute Gasteiger partial charge is 0.467 e. The summed E-state index contributed by atoms with van der Waals surface area (Å²) in [6.07, 6.45) is 2.22. The van der Waals surface area contributed by atoms with Gasteiger partial charge in [-0.05, 0) is 25.5 Å². The van der Waals surface area contributed by atoms with Gasteiger partial charge in [0.1, 0.15) is 0 Å². The lowest BCUT2D eigenvalue weighted by atomic mass is 9.97. The third kappa shape index (κ3) is 3.80. The molecule has 0 saturated carbocycles. The van der Waals surface area contributed by atoms with Gasteiger partial charge in [0.2, 0.25) is 0 Å². The molecule has 1 heterocycles. The molecule has 0 aliphatic heterocycles. The van der Waals surface area contributed by atoms with Gasteiger partial charge in [0.25, 0.3) is 0 Å². The van der Waals surface area contributed by atoms with Crippen LogP contribution in [0.4, 0.5) is 0 Å². The van der Waals surface area contributed by atoms with E-state index in [1.165, 1.54) is 7.11 Å². The normalized spacial score (nSPS) is 13.2. The predicted molar refractivity (Wildman–Crippen MR) is 63.2 cm³/mol. The summed E-state index contributed by atoms with van der Waals surface area (Å²) in [4.78, 5) is 15.2. The van der Waals surface area contributed by atoms with Crippen molar-refractivity contribution in [2.75, 3.05) is 7.11 Å². The number of hydrogen-bond donors (Lipinski definition) is 2. The van der Waals surface area contributed by atoms with Crippen LogP contribution in [0.1, 0.15) is 19.4 Å². The molecule has 1 rings (SSSR count). The van der Waals surface area contributed by atoms with Crippen molar-refractivity contribution in [3.63, 3.8) is 0 Å². The van der Waals surface area contributed by atoms with Gasteiger partial charge in [0.05, 0.1) is 7.11 Å². The molecule has 0 spiro atoms. The van der Waals surface area contributed by atoms with Crippen molar-refractivity contribution in [1.29, 1.82) is 0 Å². The minimum atomic E-state index is -1.20. The van der Waals surface area contributed by atoms with E-state index in [1.54, 1.807) is 26.2 Å². The molecular formula is C12H18N2O3. The maximum atomic E-state index is 11.2. The van der Waals surface area contributed by atoms with E-state index in [0.717, 1.165) is 5.56 Å². The van der Waals surface area contributed by atoms with Crippen LogP contribution in [-0.4, -0.2) is 34.8 Å². The van der Waals surface area contributed by atoms with E-state index in [4.69, 9.17) is 0 Å². The summed E-state index contributed by atoms with van der Waals surface area (Å²) < 4.78 is 4.51. The summed E-state index contributed by atoms with van der Waals surface area (Å²) in [5.74, 6) is -0.645. The van der Waals surface area contributed by atoms with Crippen LogP contribution in [0.3, 0.4) is 0 Å². The molecule has 0 aliphatic rings. The Labute approximate surface area is 101 Å². The number of rotatable bonds is 5. The molecule has 17 heavy (non-hydrogen) atoms. The second-order valence-electron chi connectivity index (χ2n) is 4.36. The van der Waals surface area contributed by atoms with Crippen LogP contribution >= 0.6 is 0 Å². The van der Waals surface area contributed by atoms with Crippen molar-refractivity contribution in [2.24, 2.45) is 0 Å². The molecule has 0 aliphatic carbocycles. The van der Waals surface area contributed by atoms with Crippen LogP contribution in [0.15, 0.2) is 24.5 Å². The van der Waals surface area contributed by atoms with Gasteiger partial charge in [0, 0.05) is 24.5 Å². The van der Waals surface area contributed by atoms with Crippen LogP contribution < -0.4 is 5.32 Å². The quantitative estimate of drug-likeness (QED) is 0.730. The van der Waals surface area contributed by atoms with Gasteiger partial charge in [-0.15, -0.1) is 0 Å². The van der Waals surface area contributed by atoms with Crippen molar-refractivity contribution < 1.29 is 14.6 Å². The van der Waals surface area contributed by atoms with Crippen molar-refractivity contribution in [3.8, 4) is 0 Å². The van der Waals surface area contributed by atoms with Gasteiger partial charge in [-0.2, -0.15) is 0 Å². The highest BCUT2D eigenvalue weighted by Gasteiger charge is 2.33. The highest BCUT2D eigenvalue weighted by atomic mass is 16.5. The minimum absolute atomic E-state index is 0.523. The molecule has 1 atom stereocenters. The van der Waals surface area contributed by atoms with Crippen molar-refractivity contribution in [1.82, 2.24) is 10.3 Å². The highest BCUT2D eigenvalue weighted by Crippen LogP contribution is 2.11. The van der Waals surface area contributed by atoms with Gasteiger partial charge in [-0.25, -0.2) is 4.79 Å². The zero-order valence-corrected chi connectivity index (χ0v) is 10.3. The molecule has 0 saturated heterocycles. The van der Waals surface area contributed by atoms with E-state index >= 15 is 0 Å². The lowest BCUT2D eigenvalue weighted by Crippen LogP contribution is -2.53. The third-order valence-electron chi connectivity index (χ3n) is 2.58. The summed E-state index contributed by atoms with van der Waals surface area (Å²) in [5.41, 5.74) is 0.223. The first-order valence-electron chi connectivity index (χ1n) is 5.37. The van der Waals surface area contributed by atoms with E-state index < -0.39 is 17.6 Å². The zero-order chi connectivity index (χ0) is 12.9. The Balaban J connectivity index is 2.58. The van der Waals surface area contributed by atoms with Crippen molar-refractivity contribution in [2.45, 2.75) is 32.0 Å². The van der Waals surface area contributed by atoms with E-state index in [0.29, 0.717) is 6.54 Å². The Kier molecular flexibility index (Phi) is 4.60. The van der Waals surface area contributed by atoms with Crippen LogP contribution in [0.2, 0.25) is 0 Å². The zero-order valence-electron chi connectivity index (χ0n) is 10.3. The lowest BCUT2D eigenvalue weighted by molar-refractivity contribution is -0.154. The monoisotopic (exact) mass is 238 g/mol. The second kappa shape index (κ2) is 5.75. The molecule has 94 valence electrons. The first kappa shape index (κ1) is 13.6. The number of methoxy groups -OCH3 is 1. The van der Waals surface area contributed by atoms with E-state index in [-0.39, 0.29) is 0 Å². The molecule has 0 radical (unpaired) electrons. The average Bonchev–Trinajstić information content (AvgIpc) is 2.36. The molecule has 1 aromatic rings. The fraction of sp³-hybridized carbons (Fsp3) is 0.500. The van der Waals surface area contributed by atoms with Crippen LogP contribution in [0.5, 0.6) is 0 Å². The molecule has 0 amide bonds. The van der Waals surface area contributed by atoms with Crippen LogP contribution in [0.25, 0.3) is 0 Å². The van der Waals surface area contributed by atoms with Crippen molar-refractivity contribution in [3.05, 3.63) is 30.1 Å². The summed E-state index contributed by atoms with van der Waals surface area (Å²) in [7, 11) is 1.25. The molecule has 5 nitrogen and oxygen atoms in total. The first-order valence-corrected chi connectivity index (χ1v) is 5.37. The predicted octanol–water partition coefficient (Wildman–Crippen LogP) is 0.484.